The number of pyridine rings is 2. The molecule has 1 N–H and O–H groups in total. The van der Waals surface area contributed by atoms with E-state index in [0.717, 1.165) is 28.6 Å². The normalized spacial score (nSPS) is 12.2. The summed E-state index contributed by atoms with van der Waals surface area (Å²) in [4.78, 5) is 4.80. The quantitative estimate of drug-likeness (QED) is 0.505. The van der Waals surface area contributed by atoms with Crippen molar-refractivity contribution in [2.24, 2.45) is 0 Å². The van der Waals surface area contributed by atoms with Gasteiger partial charge in [-0.3, -0.25) is 4.68 Å². The molecule has 0 bridgehead atoms. The second kappa shape index (κ2) is 8.26. The minimum absolute atomic E-state index is 0.0545. The van der Waals surface area contributed by atoms with E-state index in [1.165, 1.54) is 24.5 Å². The summed E-state index contributed by atoms with van der Waals surface area (Å²) in [5.74, 6) is -0.425. The van der Waals surface area contributed by atoms with Gasteiger partial charge in [0.25, 0.3) is 0 Å². The van der Waals surface area contributed by atoms with Crippen LogP contribution in [0.4, 0.5) is 4.39 Å². The van der Waals surface area contributed by atoms with Crippen molar-refractivity contribution in [3.8, 4) is 17.2 Å². The van der Waals surface area contributed by atoms with Gasteiger partial charge in [0, 0.05) is 40.7 Å². The van der Waals surface area contributed by atoms with E-state index in [2.05, 4.69) is 21.3 Å². The summed E-state index contributed by atoms with van der Waals surface area (Å²) in [6.45, 7) is 4.05. The third-order valence-corrected chi connectivity index (χ3v) is 5.97. The predicted octanol–water partition coefficient (Wildman–Crippen LogP) is 4.01. The van der Waals surface area contributed by atoms with Crippen LogP contribution in [0.25, 0.3) is 16.6 Å². The lowest BCUT2D eigenvalue weighted by atomic mass is 10.1. The van der Waals surface area contributed by atoms with Crippen LogP contribution in [0.5, 0.6) is 0 Å². The van der Waals surface area contributed by atoms with E-state index >= 15 is 0 Å². The van der Waals surface area contributed by atoms with Gasteiger partial charge in [-0.15, -0.1) is 0 Å². The van der Waals surface area contributed by atoms with Gasteiger partial charge >= 0.3 is 0 Å². The molecule has 4 rings (SSSR count). The van der Waals surface area contributed by atoms with E-state index in [1.807, 2.05) is 30.8 Å². The number of fused-ring (bicyclic) bond motifs is 1. The van der Waals surface area contributed by atoms with E-state index in [-0.39, 0.29) is 17.7 Å². The van der Waals surface area contributed by atoms with Crippen molar-refractivity contribution < 1.29 is 9.50 Å². The molecule has 1 atom stereocenters. The number of halogens is 1. The largest absolute Gasteiger partial charge is 0.396 e. The number of aromatic nitrogens is 5. The predicted molar refractivity (Wildman–Crippen MR) is 111 cm³/mol. The standard InChI is InChI=1S/C21H19FN6OS/c1-13(5-7-29)28-14(2)17(11-26-28)15-8-19(30-21-18(22)4-3-6-24-21)20-16(9-23)10-25-27(20)12-15/h3-4,6,8,10-13,29H,5,7H2,1-2H3. The van der Waals surface area contributed by atoms with Gasteiger partial charge in [0.15, 0.2) is 5.82 Å². The highest BCUT2D eigenvalue weighted by atomic mass is 32.2. The fourth-order valence-corrected chi connectivity index (χ4v) is 4.38. The third-order valence-electron chi connectivity index (χ3n) is 4.95. The molecule has 0 saturated heterocycles. The molecule has 0 saturated carbocycles. The number of hydrogen-bond acceptors (Lipinski definition) is 6. The van der Waals surface area contributed by atoms with Crippen LogP contribution in [0.15, 0.2) is 52.9 Å². The highest BCUT2D eigenvalue weighted by molar-refractivity contribution is 7.99. The molecule has 0 aliphatic carbocycles. The molecule has 0 fully saturated rings. The molecule has 0 radical (unpaired) electrons. The maximum atomic E-state index is 14.2. The van der Waals surface area contributed by atoms with Crippen molar-refractivity contribution in [1.29, 1.82) is 5.26 Å². The first-order valence-electron chi connectivity index (χ1n) is 9.38. The van der Waals surface area contributed by atoms with E-state index in [0.29, 0.717) is 22.4 Å². The minimum atomic E-state index is -0.425. The van der Waals surface area contributed by atoms with Gasteiger partial charge in [0.2, 0.25) is 0 Å². The van der Waals surface area contributed by atoms with Crippen LogP contribution < -0.4 is 0 Å². The van der Waals surface area contributed by atoms with Gasteiger partial charge in [0.05, 0.1) is 29.5 Å². The van der Waals surface area contributed by atoms with Crippen LogP contribution in [0.1, 0.15) is 30.6 Å². The number of aliphatic hydroxyl groups is 1. The molecule has 9 heteroatoms. The molecule has 0 aromatic carbocycles. The topological polar surface area (TPSA) is 92.0 Å². The number of hydrogen-bond donors (Lipinski definition) is 1. The lowest BCUT2D eigenvalue weighted by Crippen LogP contribution is -2.10. The molecule has 0 aliphatic rings. The summed E-state index contributed by atoms with van der Waals surface area (Å²) < 4.78 is 17.7. The van der Waals surface area contributed by atoms with Gasteiger partial charge in [-0.05, 0) is 38.5 Å². The van der Waals surface area contributed by atoms with Crippen LogP contribution in [-0.2, 0) is 0 Å². The molecule has 152 valence electrons. The Labute approximate surface area is 176 Å². The Morgan fingerprint density at radius 3 is 2.90 bits per heavy atom. The van der Waals surface area contributed by atoms with Gasteiger partial charge < -0.3 is 5.11 Å². The second-order valence-corrected chi connectivity index (χ2v) is 7.93. The first kappa shape index (κ1) is 20.1. The summed E-state index contributed by atoms with van der Waals surface area (Å²) >= 11 is 1.16. The monoisotopic (exact) mass is 422 g/mol. The lowest BCUT2D eigenvalue weighted by molar-refractivity contribution is 0.256. The number of rotatable bonds is 6. The molecule has 7 nitrogen and oxygen atoms in total. The number of aliphatic hydroxyl groups excluding tert-OH is 1. The first-order valence-corrected chi connectivity index (χ1v) is 10.2. The van der Waals surface area contributed by atoms with Gasteiger partial charge in [0.1, 0.15) is 11.1 Å². The van der Waals surface area contributed by atoms with Crippen molar-refractivity contribution in [3.63, 3.8) is 0 Å². The Morgan fingerprint density at radius 1 is 1.33 bits per heavy atom. The van der Waals surface area contributed by atoms with Crippen molar-refractivity contribution in [2.75, 3.05) is 6.61 Å². The molecule has 30 heavy (non-hydrogen) atoms. The second-order valence-electron chi connectivity index (χ2n) is 6.90. The molecular formula is C21H19FN6OS. The van der Waals surface area contributed by atoms with Gasteiger partial charge in [-0.1, -0.05) is 11.8 Å². The molecule has 4 aromatic rings. The maximum absolute atomic E-state index is 14.2. The Bertz CT molecular complexity index is 1260. The Balaban J connectivity index is 1.85. The molecule has 4 aromatic heterocycles. The van der Waals surface area contributed by atoms with Crippen LogP contribution >= 0.6 is 11.8 Å². The summed E-state index contributed by atoms with van der Waals surface area (Å²) in [7, 11) is 0. The summed E-state index contributed by atoms with van der Waals surface area (Å²) in [5, 5.41) is 27.7. The maximum Gasteiger partial charge on any atom is 0.155 e. The van der Waals surface area contributed by atoms with Crippen LogP contribution in [0.3, 0.4) is 0 Å². The Morgan fingerprint density at radius 2 is 2.17 bits per heavy atom. The summed E-state index contributed by atoms with van der Waals surface area (Å²) in [6.07, 6.45) is 7.24. The zero-order chi connectivity index (χ0) is 21.3. The summed E-state index contributed by atoms with van der Waals surface area (Å²) in [5.41, 5.74) is 3.70. The molecule has 4 heterocycles. The van der Waals surface area contributed by atoms with Crippen LogP contribution in [0.2, 0.25) is 0 Å². The highest BCUT2D eigenvalue weighted by Crippen LogP contribution is 2.36. The zero-order valence-corrected chi connectivity index (χ0v) is 17.3. The molecule has 0 amide bonds. The average Bonchev–Trinajstić information content (AvgIpc) is 3.33. The molecule has 0 spiro atoms. The van der Waals surface area contributed by atoms with E-state index in [1.54, 1.807) is 10.7 Å². The van der Waals surface area contributed by atoms with Gasteiger partial charge in [-0.2, -0.15) is 15.5 Å². The van der Waals surface area contributed by atoms with Crippen LogP contribution in [0, 0.1) is 24.1 Å². The van der Waals surface area contributed by atoms with Gasteiger partial charge in [-0.25, -0.2) is 13.9 Å². The van der Waals surface area contributed by atoms with Crippen molar-refractivity contribution in [2.45, 2.75) is 36.2 Å². The number of nitriles is 1. The summed E-state index contributed by atoms with van der Waals surface area (Å²) in [6, 6.07) is 7.00. The third kappa shape index (κ3) is 3.56. The molecule has 1 unspecified atom stereocenters. The average molecular weight is 422 g/mol. The fraction of sp³-hybridized carbons (Fsp3) is 0.238. The minimum Gasteiger partial charge on any atom is -0.396 e. The first-order chi connectivity index (χ1) is 14.5. The Hall–Kier alpha value is -3.22. The van der Waals surface area contributed by atoms with E-state index < -0.39 is 5.82 Å². The highest BCUT2D eigenvalue weighted by Gasteiger charge is 2.18. The van der Waals surface area contributed by atoms with Crippen molar-refractivity contribution in [1.82, 2.24) is 24.4 Å². The van der Waals surface area contributed by atoms with E-state index in [9.17, 15) is 14.8 Å². The van der Waals surface area contributed by atoms with E-state index in [4.69, 9.17) is 0 Å². The van der Waals surface area contributed by atoms with Crippen molar-refractivity contribution in [3.05, 3.63) is 60.1 Å². The smallest absolute Gasteiger partial charge is 0.155 e. The van der Waals surface area contributed by atoms with Crippen molar-refractivity contribution >= 4 is 17.3 Å². The fourth-order valence-electron chi connectivity index (χ4n) is 3.40. The van der Waals surface area contributed by atoms with Crippen LogP contribution in [-0.4, -0.2) is 36.1 Å². The SMILES string of the molecule is Cc1c(-c2cc(Sc3ncccc3F)c3c(C#N)cnn3c2)cnn1C(C)CCO. The Kier molecular flexibility index (Phi) is 5.53. The lowest BCUT2D eigenvalue weighted by Gasteiger charge is -2.13. The molecular weight excluding hydrogens is 403 g/mol. The zero-order valence-electron chi connectivity index (χ0n) is 16.4. The molecule has 0 aliphatic heterocycles. The number of nitrogens with zero attached hydrogens (tertiary/aromatic N) is 6.